The second-order valence-corrected chi connectivity index (χ2v) is 5.50. The molecule has 0 saturated carbocycles. The minimum Gasteiger partial charge on any atom is -0.296 e. The largest absolute Gasteiger partial charge is 0.296 e. The molecule has 3 heteroatoms. The molecule has 106 valence electrons. The van der Waals surface area contributed by atoms with Crippen LogP contribution in [0.4, 0.5) is 0 Å². The van der Waals surface area contributed by atoms with Gasteiger partial charge in [-0.05, 0) is 22.6 Å². The Hall–Kier alpha value is -2.42. The van der Waals surface area contributed by atoms with Crippen LogP contribution in [0.15, 0.2) is 54.6 Å². The highest BCUT2D eigenvalue weighted by atomic mass is 16.2. The lowest BCUT2D eigenvalue weighted by molar-refractivity contribution is -0.126. The Bertz CT molecular complexity index is 661. The Morgan fingerprint density at radius 1 is 0.952 bits per heavy atom. The first-order chi connectivity index (χ1) is 10.1. The Morgan fingerprint density at radius 2 is 1.57 bits per heavy atom. The van der Waals surface area contributed by atoms with Gasteiger partial charge in [0, 0.05) is 6.42 Å². The van der Waals surface area contributed by atoms with E-state index in [4.69, 9.17) is 0 Å². The van der Waals surface area contributed by atoms with E-state index in [0.717, 1.165) is 11.1 Å². The van der Waals surface area contributed by atoms with Crippen LogP contribution in [0.3, 0.4) is 0 Å². The average Bonchev–Trinajstić information content (AvgIpc) is 2.86. The van der Waals surface area contributed by atoms with E-state index < -0.39 is 0 Å². The normalized spacial score (nSPS) is 19.4. The summed E-state index contributed by atoms with van der Waals surface area (Å²) in [6.07, 6.45) is 0.292. The number of nitrogens with one attached hydrogen (secondary N) is 1. The van der Waals surface area contributed by atoms with E-state index in [-0.39, 0.29) is 23.7 Å². The van der Waals surface area contributed by atoms with Crippen LogP contribution in [0, 0.1) is 5.92 Å². The molecule has 21 heavy (non-hydrogen) atoms. The molecule has 2 unspecified atom stereocenters. The van der Waals surface area contributed by atoms with E-state index in [1.807, 2.05) is 37.3 Å². The summed E-state index contributed by atoms with van der Waals surface area (Å²) in [6, 6.07) is 18.4. The van der Waals surface area contributed by atoms with Gasteiger partial charge < -0.3 is 0 Å². The van der Waals surface area contributed by atoms with Gasteiger partial charge in [-0.25, -0.2) is 0 Å². The van der Waals surface area contributed by atoms with E-state index in [1.165, 1.54) is 5.56 Å². The van der Waals surface area contributed by atoms with Gasteiger partial charge >= 0.3 is 0 Å². The van der Waals surface area contributed by atoms with Gasteiger partial charge in [-0.3, -0.25) is 14.9 Å². The number of carbonyl (C=O) groups excluding carboxylic acids is 2. The maximum absolute atomic E-state index is 11.8. The zero-order chi connectivity index (χ0) is 14.8. The van der Waals surface area contributed by atoms with Crippen molar-refractivity contribution >= 4 is 11.8 Å². The van der Waals surface area contributed by atoms with Gasteiger partial charge in [0.1, 0.15) is 0 Å². The maximum Gasteiger partial charge on any atom is 0.230 e. The highest BCUT2D eigenvalue weighted by Crippen LogP contribution is 2.31. The van der Waals surface area contributed by atoms with Crippen molar-refractivity contribution in [3.63, 3.8) is 0 Å². The third-order valence-electron chi connectivity index (χ3n) is 4.15. The standard InChI is InChI=1S/C18H17NO2/c1-12(16-11-17(20)19-18(16)21)13-7-9-15(10-8-13)14-5-3-2-4-6-14/h2-10,12,16H,11H2,1H3,(H,19,20,21). The predicted molar refractivity (Wildman–Crippen MR) is 81.5 cm³/mol. The molecule has 0 aliphatic carbocycles. The molecule has 2 aromatic rings. The first kappa shape index (κ1) is 13.6. The molecule has 1 aliphatic heterocycles. The van der Waals surface area contributed by atoms with Crippen molar-refractivity contribution in [1.82, 2.24) is 5.32 Å². The molecule has 3 rings (SSSR count). The molecule has 1 heterocycles. The smallest absolute Gasteiger partial charge is 0.230 e. The topological polar surface area (TPSA) is 46.2 Å². The first-order valence-electron chi connectivity index (χ1n) is 7.14. The van der Waals surface area contributed by atoms with Gasteiger partial charge in [0.05, 0.1) is 5.92 Å². The average molecular weight is 279 g/mol. The first-order valence-corrected chi connectivity index (χ1v) is 7.14. The quantitative estimate of drug-likeness (QED) is 0.877. The molecule has 0 radical (unpaired) electrons. The number of hydrogen-bond donors (Lipinski definition) is 1. The minimum absolute atomic E-state index is 0.0428. The lowest BCUT2D eigenvalue weighted by atomic mass is 9.86. The van der Waals surface area contributed by atoms with E-state index >= 15 is 0 Å². The summed E-state index contributed by atoms with van der Waals surface area (Å²) in [5.41, 5.74) is 3.41. The summed E-state index contributed by atoms with van der Waals surface area (Å²) in [7, 11) is 0. The second kappa shape index (κ2) is 5.52. The predicted octanol–water partition coefficient (Wildman–Crippen LogP) is 3.12. The van der Waals surface area contributed by atoms with Gasteiger partial charge in [-0.2, -0.15) is 0 Å². The van der Waals surface area contributed by atoms with E-state index in [2.05, 4.69) is 29.6 Å². The fourth-order valence-electron chi connectivity index (χ4n) is 2.82. The molecule has 2 atom stereocenters. The number of hydrogen-bond acceptors (Lipinski definition) is 2. The molecule has 3 nitrogen and oxygen atoms in total. The van der Waals surface area contributed by atoms with Crippen LogP contribution in [0.1, 0.15) is 24.8 Å². The van der Waals surface area contributed by atoms with Crippen molar-refractivity contribution in [2.24, 2.45) is 5.92 Å². The number of amides is 2. The summed E-state index contributed by atoms with van der Waals surface area (Å²) in [6.45, 7) is 2.00. The lowest BCUT2D eigenvalue weighted by Gasteiger charge is -2.17. The Kier molecular flexibility index (Phi) is 3.57. The monoisotopic (exact) mass is 279 g/mol. The summed E-state index contributed by atoms with van der Waals surface area (Å²) >= 11 is 0. The van der Waals surface area contributed by atoms with E-state index in [0.29, 0.717) is 6.42 Å². The van der Waals surface area contributed by atoms with Gasteiger partial charge in [0.25, 0.3) is 0 Å². The van der Waals surface area contributed by atoms with Crippen LogP contribution in [0.5, 0.6) is 0 Å². The number of rotatable bonds is 3. The maximum atomic E-state index is 11.8. The molecular formula is C18H17NO2. The number of carbonyl (C=O) groups is 2. The van der Waals surface area contributed by atoms with Crippen LogP contribution in [0.2, 0.25) is 0 Å². The minimum atomic E-state index is -0.250. The summed E-state index contributed by atoms with van der Waals surface area (Å²) in [5, 5.41) is 2.38. The van der Waals surface area contributed by atoms with Gasteiger partial charge in [-0.15, -0.1) is 0 Å². The highest BCUT2D eigenvalue weighted by molar-refractivity contribution is 6.03. The molecular weight excluding hydrogens is 262 g/mol. The molecule has 1 saturated heterocycles. The third kappa shape index (κ3) is 2.72. The van der Waals surface area contributed by atoms with Crippen molar-refractivity contribution < 1.29 is 9.59 Å². The van der Waals surface area contributed by atoms with E-state index in [9.17, 15) is 9.59 Å². The fourth-order valence-corrected chi connectivity index (χ4v) is 2.82. The van der Waals surface area contributed by atoms with Crippen LogP contribution in [-0.2, 0) is 9.59 Å². The molecule has 1 N–H and O–H groups in total. The fraction of sp³-hybridized carbons (Fsp3) is 0.222. The molecule has 0 aromatic heterocycles. The zero-order valence-electron chi connectivity index (χ0n) is 11.9. The Morgan fingerprint density at radius 3 is 2.14 bits per heavy atom. The molecule has 0 bridgehead atoms. The van der Waals surface area contributed by atoms with Gasteiger partial charge in [0.2, 0.25) is 11.8 Å². The highest BCUT2D eigenvalue weighted by Gasteiger charge is 2.35. The molecule has 0 spiro atoms. The van der Waals surface area contributed by atoms with Crippen molar-refractivity contribution in [3.05, 3.63) is 60.2 Å². The number of benzene rings is 2. The SMILES string of the molecule is CC(c1ccc(-c2ccccc2)cc1)C1CC(=O)NC1=O. The van der Waals surface area contributed by atoms with Gasteiger partial charge in [-0.1, -0.05) is 61.5 Å². The van der Waals surface area contributed by atoms with Crippen molar-refractivity contribution in [2.45, 2.75) is 19.3 Å². The van der Waals surface area contributed by atoms with Gasteiger partial charge in [0.15, 0.2) is 0 Å². The Balaban J connectivity index is 1.81. The van der Waals surface area contributed by atoms with Crippen molar-refractivity contribution in [2.75, 3.05) is 0 Å². The molecule has 1 fully saturated rings. The summed E-state index contributed by atoms with van der Waals surface area (Å²) in [5.74, 6) is -0.529. The number of imide groups is 1. The summed E-state index contributed by atoms with van der Waals surface area (Å²) < 4.78 is 0. The molecule has 2 amide bonds. The Labute approximate surface area is 124 Å². The van der Waals surface area contributed by atoms with Crippen LogP contribution >= 0.6 is 0 Å². The van der Waals surface area contributed by atoms with Crippen molar-refractivity contribution in [1.29, 1.82) is 0 Å². The van der Waals surface area contributed by atoms with Crippen molar-refractivity contribution in [3.8, 4) is 11.1 Å². The van der Waals surface area contributed by atoms with Crippen LogP contribution < -0.4 is 5.32 Å². The molecule has 1 aliphatic rings. The zero-order valence-corrected chi connectivity index (χ0v) is 11.9. The lowest BCUT2D eigenvalue weighted by Crippen LogP contribution is -2.24. The second-order valence-electron chi connectivity index (χ2n) is 5.50. The summed E-state index contributed by atoms with van der Waals surface area (Å²) in [4.78, 5) is 23.1. The van der Waals surface area contributed by atoms with Crippen LogP contribution in [0.25, 0.3) is 11.1 Å². The third-order valence-corrected chi connectivity index (χ3v) is 4.15. The molecule has 2 aromatic carbocycles. The van der Waals surface area contributed by atoms with E-state index in [1.54, 1.807) is 0 Å². The van der Waals surface area contributed by atoms with Crippen LogP contribution in [-0.4, -0.2) is 11.8 Å².